The molecule has 5 heteroatoms. The summed E-state index contributed by atoms with van der Waals surface area (Å²) in [4.78, 5) is 36.3. The van der Waals surface area contributed by atoms with Crippen LogP contribution in [0.15, 0.2) is 23.3 Å². The van der Waals surface area contributed by atoms with Gasteiger partial charge in [-0.3, -0.25) is 14.4 Å². The first kappa shape index (κ1) is 22.3. The minimum absolute atomic E-state index is 0.0173. The predicted octanol–water partition coefficient (Wildman–Crippen LogP) is 4.94. The number of hydrogen-bond donors (Lipinski definition) is 0. The lowest BCUT2D eigenvalue weighted by atomic mass is 9.47. The van der Waals surface area contributed by atoms with Crippen LogP contribution >= 0.6 is 0 Å². The quantitative estimate of drug-likeness (QED) is 0.596. The summed E-state index contributed by atoms with van der Waals surface area (Å²) >= 11 is 0. The van der Waals surface area contributed by atoms with E-state index in [9.17, 15) is 14.4 Å². The van der Waals surface area contributed by atoms with E-state index in [2.05, 4.69) is 32.9 Å². The largest absolute Gasteiger partial charge is 0.458 e. The second-order valence-corrected chi connectivity index (χ2v) is 10.8. The van der Waals surface area contributed by atoms with Gasteiger partial charge in [-0.05, 0) is 87.2 Å². The molecule has 4 aliphatic carbocycles. The van der Waals surface area contributed by atoms with Crippen LogP contribution in [0.25, 0.3) is 0 Å². The predicted molar refractivity (Wildman–Crippen MR) is 117 cm³/mol. The Hall–Kier alpha value is -1.91. The number of carbonyl (C=O) groups is 3. The summed E-state index contributed by atoms with van der Waals surface area (Å²) in [6.07, 6.45) is 9.69. The molecule has 31 heavy (non-hydrogen) atoms. The van der Waals surface area contributed by atoms with E-state index in [4.69, 9.17) is 9.47 Å². The average molecular weight is 429 g/mol. The van der Waals surface area contributed by atoms with Crippen molar-refractivity contribution in [1.82, 2.24) is 0 Å². The summed E-state index contributed by atoms with van der Waals surface area (Å²) < 4.78 is 11.4. The summed E-state index contributed by atoms with van der Waals surface area (Å²) in [5, 5.41) is 0. The van der Waals surface area contributed by atoms with Gasteiger partial charge < -0.3 is 9.47 Å². The van der Waals surface area contributed by atoms with Gasteiger partial charge in [0.15, 0.2) is 11.4 Å². The maximum absolute atomic E-state index is 12.9. The molecule has 0 radical (unpaired) electrons. The number of allylic oxidation sites excluding steroid dienone is 3. The third-order valence-electron chi connectivity index (χ3n) is 9.26. The van der Waals surface area contributed by atoms with Crippen LogP contribution in [0.4, 0.5) is 0 Å². The standard InChI is InChI=1S/C26H36O5/c1-15-13-20-21(24(5)10-7-19(14-23(15)24)30-17(3)28)8-11-25(6)22(20)9-12-26(25,16(2)27)31-18(4)29/h13-14,19-22H,7-12H2,1-6H3/t19?,20?,21-,22-,24?,25?,26-/m0/s1. The van der Waals surface area contributed by atoms with Crippen molar-refractivity contribution in [3.8, 4) is 0 Å². The number of esters is 2. The Morgan fingerprint density at radius 2 is 1.58 bits per heavy atom. The highest BCUT2D eigenvalue weighted by atomic mass is 16.6. The lowest BCUT2D eigenvalue weighted by Gasteiger charge is -2.58. The molecule has 7 atom stereocenters. The zero-order chi connectivity index (χ0) is 22.8. The van der Waals surface area contributed by atoms with Gasteiger partial charge in [0.1, 0.15) is 6.10 Å². The third kappa shape index (κ3) is 3.14. The van der Waals surface area contributed by atoms with Gasteiger partial charge in [-0.2, -0.15) is 0 Å². The maximum Gasteiger partial charge on any atom is 0.303 e. The number of Topliss-reactive ketones (excluding diaryl/α,β-unsaturated/α-hetero) is 1. The van der Waals surface area contributed by atoms with E-state index < -0.39 is 5.60 Å². The molecule has 4 unspecified atom stereocenters. The fraction of sp³-hybridized carbons (Fsp3) is 0.731. The summed E-state index contributed by atoms with van der Waals surface area (Å²) in [6.45, 7) is 11.2. The van der Waals surface area contributed by atoms with Gasteiger partial charge >= 0.3 is 11.9 Å². The smallest absolute Gasteiger partial charge is 0.303 e. The monoisotopic (exact) mass is 428 g/mol. The van der Waals surface area contributed by atoms with Crippen LogP contribution in [-0.2, 0) is 23.9 Å². The zero-order valence-corrected chi connectivity index (χ0v) is 19.7. The van der Waals surface area contributed by atoms with Crippen LogP contribution in [0.2, 0.25) is 0 Å². The molecule has 2 fully saturated rings. The second-order valence-electron chi connectivity index (χ2n) is 10.8. The number of ketones is 1. The molecule has 5 nitrogen and oxygen atoms in total. The number of fused-ring (bicyclic) bond motifs is 5. The Kier molecular flexibility index (Phi) is 5.26. The van der Waals surface area contributed by atoms with Crippen molar-refractivity contribution >= 4 is 17.7 Å². The number of rotatable bonds is 3. The second kappa shape index (κ2) is 7.31. The molecule has 0 spiro atoms. The van der Waals surface area contributed by atoms with Crippen molar-refractivity contribution in [1.29, 1.82) is 0 Å². The van der Waals surface area contributed by atoms with Crippen LogP contribution in [0.1, 0.15) is 80.1 Å². The number of ether oxygens (including phenoxy) is 2. The first-order chi connectivity index (χ1) is 14.4. The molecule has 4 rings (SSSR count). The van der Waals surface area contributed by atoms with Gasteiger partial charge in [0.2, 0.25) is 0 Å². The Labute approximate surface area is 185 Å². The summed E-state index contributed by atoms with van der Waals surface area (Å²) in [5.74, 6) is 0.550. The molecule has 0 N–H and O–H groups in total. The van der Waals surface area contributed by atoms with Gasteiger partial charge in [-0.15, -0.1) is 0 Å². The average Bonchev–Trinajstić information content (AvgIpc) is 2.96. The van der Waals surface area contributed by atoms with E-state index >= 15 is 0 Å². The van der Waals surface area contributed by atoms with E-state index in [0.29, 0.717) is 24.2 Å². The molecule has 2 saturated carbocycles. The topological polar surface area (TPSA) is 69.7 Å². The van der Waals surface area contributed by atoms with Crippen molar-refractivity contribution in [3.63, 3.8) is 0 Å². The van der Waals surface area contributed by atoms with Crippen LogP contribution in [-0.4, -0.2) is 29.4 Å². The van der Waals surface area contributed by atoms with Crippen LogP contribution in [0, 0.1) is 28.6 Å². The zero-order valence-electron chi connectivity index (χ0n) is 19.7. The lowest BCUT2D eigenvalue weighted by molar-refractivity contribution is -0.185. The molecule has 0 aromatic rings. The Morgan fingerprint density at radius 3 is 2.19 bits per heavy atom. The summed E-state index contributed by atoms with van der Waals surface area (Å²) in [7, 11) is 0. The van der Waals surface area contributed by atoms with E-state index in [-0.39, 0.29) is 34.7 Å². The molecule has 0 bridgehead atoms. The molecule has 0 amide bonds. The fourth-order valence-corrected chi connectivity index (χ4v) is 7.92. The highest BCUT2D eigenvalue weighted by Crippen LogP contribution is 2.68. The van der Waals surface area contributed by atoms with Crippen LogP contribution in [0.5, 0.6) is 0 Å². The third-order valence-corrected chi connectivity index (χ3v) is 9.26. The van der Waals surface area contributed by atoms with E-state index in [1.165, 1.54) is 25.0 Å². The van der Waals surface area contributed by atoms with E-state index in [1.807, 2.05) is 0 Å². The van der Waals surface area contributed by atoms with Gasteiger partial charge in [-0.25, -0.2) is 0 Å². The number of carbonyl (C=O) groups excluding carboxylic acids is 3. The maximum atomic E-state index is 12.9. The van der Waals surface area contributed by atoms with Crippen molar-refractivity contribution in [2.24, 2.45) is 28.6 Å². The van der Waals surface area contributed by atoms with Gasteiger partial charge in [-0.1, -0.05) is 25.5 Å². The van der Waals surface area contributed by atoms with Crippen molar-refractivity contribution in [3.05, 3.63) is 23.3 Å². The normalized spacial score (nSPS) is 43.5. The van der Waals surface area contributed by atoms with E-state index in [1.54, 1.807) is 6.92 Å². The Bertz CT molecular complexity index is 884. The van der Waals surface area contributed by atoms with Crippen LogP contribution < -0.4 is 0 Å². The van der Waals surface area contributed by atoms with Crippen LogP contribution in [0.3, 0.4) is 0 Å². The van der Waals surface area contributed by atoms with Crippen molar-refractivity contribution < 1.29 is 23.9 Å². The fourth-order valence-electron chi connectivity index (χ4n) is 7.92. The Morgan fingerprint density at radius 1 is 0.903 bits per heavy atom. The highest BCUT2D eigenvalue weighted by molar-refractivity contribution is 5.89. The first-order valence-electron chi connectivity index (χ1n) is 11.7. The van der Waals surface area contributed by atoms with Crippen molar-refractivity contribution in [2.45, 2.75) is 91.8 Å². The minimum atomic E-state index is -1.000. The molecular formula is C26H36O5. The molecule has 0 heterocycles. The first-order valence-corrected chi connectivity index (χ1v) is 11.7. The van der Waals surface area contributed by atoms with E-state index in [0.717, 1.165) is 32.1 Å². The number of hydrogen-bond acceptors (Lipinski definition) is 5. The SMILES string of the molecule is CC(=O)OC1C=C2C(C)=CC3[C@H](CCC4(C)[C@H]3CC[C@]4(OC(C)=O)C(C)=O)C2(C)CC1. The molecule has 0 aromatic carbocycles. The minimum Gasteiger partial charge on any atom is -0.458 e. The molecule has 0 saturated heterocycles. The lowest BCUT2D eigenvalue weighted by Crippen LogP contribution is -2.58. The molecule has 0 aliphatic heterocycles. The molecule has 4 aliphatic rings. The van der Waals surface area contributed by atoms with Crippen molar-refractivity contribution in [2.75, 3.05) is 0 Å². The molecular weight excluding hydrogens is 392 g/mol. The van der Waals surface area contributed by atoms with Gasteiger partial charge in [0.25, 0.3) is 0 Å². The molecule has 170 valence electrons. The van der Waals surface area contributed by atoms with Gasteiger partial charge in [0.05, 0.1) is 0 Å². The highest BCUT2D eigenvalue weighted by Gasteiger charge is 2.67. The summed E-state index contributed by atoms with van der Waals surface area (Å²) in [6, 6.07) is 0. The Balaban J connectivity index is 1.73. The summed E-state index contributed by atoms with van der Waals surface area (Å²) in [5.41, 5.74) is 1.29. The molecule has 0 aromatic heterocycles. The van der Waals surface area contributed by atoms with Gasteiger partial charge in [0, 0.05) is 19.3 Å².